The van der Waals surface area contributed by atoms with Gasteiger partial charge in [-0.1, -0.05) is 0 Å². The molecule has 5 heteroatoms. The van der Waals surface area contributed by atoms with E-state index in [4.69, 9.17) is 0 Å². The summed E-state index contributed by atoms with van der Waals surface area (Å²) in [6, 6.07) is 2.91. The molecule has 0 aliphatic carbocycles. The summed E-state index contributed by atoms with van der Waals surface area (Å²) in [4.78, 5) is 6.33. The van der Waals surface area contributed by atoms with E-state index in [2.05, 4.69) is 56.6 Å². The number of piperazine rings is 1. The molecule has 1 aliphatic rings. The molecular formula is C13H22BrN3S. The van der Waals surface area contributed by atoms with Crippen LogP contribution >= 0.6 is 27.3 Å². The highest BCUT2D eigenvalue weighted by atomic mass is 79.9. The highest BCUT2D eigenvalue weighted by Gasteiger charge is 2.18. The van der Waals surface area contributed by atoms with Gasteiger partial charge in [0.1, 0.15) is 0 Å². The molecule has 0 saturated carbocycles. The van der Waals surface area contributed by atoms with Gasteiger partial charge in [-0.3, -0.25) is 0 Å². The van der Waals surface area contributed by atoms with E-state index in [1.807, 2.05) is 11.3 Å². The molecule has 2 rings (SSSR count). The number of nitrogens with one attached hydrogen (secondary N) is 1. The van der Waals surface area contributed by atoms with Crippen molar-refractivity contribution < 1.29 is 0 Å². The van der Waals surface area contributed by atoms with Crippen LogP contribution in [0.4, 0.5) is 0 Å². The van der Waals surface area contributed by atoms with Gasteiger partial charge in [-0.15, -0.1) is 11.3 Å². The molecule has 3 nitrogen and oxygen atoms in total. The first-order valence-corrected chi connectivity index (χ1v) is 8.15. The fourth-order valence-electron chi connectivity index (χ4n) is 2.34. The van der Waals surface area contributed by atoms with Crippen LogP contribution in [0.1, 0.15) is 11.3 Å². The van der Waals surface area contributed by atoms with E-state index in [1.54, 1.807) is 0 Å². The van der Waals surface area contributed by atoms with Gasteiger partial charge in [-0.25, -0.2) is 0 Å². The minimum atomic E-state index is 0.691. The zero-order valence-electron chi connectivity index (χ0n) is 11.2. The Bertz CT molecular complexity index is 369. The molecular weight excluding hydrogens is 310 g/mol. The zero-order valence-corrected chi connectivity index (χ0v) is 13.6. The van der Waals surface area contributed by atoms with E-state index in [9.17, 15) is 0 Å². The predicted molar refractivity (Wildman–Crippen MR) is 82.3 cm³/mol. The summed E-state index contributed by atoms with van der Waals surface area (Å²) in [5.74, 6) is 0. The van der Waals surface area contributed by atoms with Crippen molar-refractivity contribution in [1.29, 1.82) is 0 Å². The Hall–Kier alpha value is 0.0600. The van der Waals surface area contributed by atoms with Crippen molar-refractivity contribution in [3.8, 4) is 0 Å². The maximum Gasteiger partial charge on any atom is 0.0325 e. The molecule has 0 amide bonds. The Kier molecular flexibility index (Phi) is 5.63. The lowest BCUT2D eigenvalue weighted by molar-refractivity contribution is 0.172. The minimum absolute atomic E-state index is 0.691. The van der Waals surface area contributed by atoms with Gasteiger partial charge in [0, 0.05) is 47.0 Å². The first kappa shape index (κ1) is 14.5. The van der Waals surface area contributed by atoms with Crippen LogP contribution < -0.4 is 5.32 Å². The van der Waals surface area contributed by atoms with Crippen LogP contribution in [0.25, 0.3) is 0 Å². The maximum atomic E-state index is 3.51. The van der Waals surface area contributed by atoms with Gasteiger partial charge in [-0.05, 0) is 49.1 Å². The average Bonchev–Trinajstić information content (AvgIpc) is 2.74. The van der Waals surface area contributed by atoms with Crippen LogP contribution in [0.15, 0.2) is 15.9 Å². The highest BCUT2D eigenvalue weighted by Crippen LogP contribution is 2.21. The number of nitrogens with zero attached hydrogens (tertiary/aromatic N) is 2. The van der Waals surface area contributed by atoms with Crippen molar-refractivity contribution in [3.63, 3.8) is 0 Å². The minimum Gasteiger partial charge on any atom is -0.314 e. The number of rotatable bonds is 5. The summed E-state index contributed by atoms with van der Waals surface area (Å²) in [5.41, 5.74) is 0. The van der Waals surface area contributed by atoms with Crippen LogP contribution in [0.2, 0.25) is 0 Å². The second-order valence-corrected chi connectivity index (χ2v) is 7.01. The molecule has 1 aliphatic heterocycles. The molecule has 18 heavy (non-hydrogen) atoms. The van der Waals surface area contributed by atoms with Crippen molar-refractivity contribution in [2.75, 3.05) is 40.3 Å². The van der Waals surface area contributed by atoms with Crippen LogP contribution in [0.5, 0.6) is 0 Å². The Morgan fingerprint density at radius 2 is 2.44 bits per heavy atom. The number of likely N-dealkylation sites (N-methyl/N-ethyl adjacent to an activating group) is 1. The van der Waals surface area contributed by atoms with Crippen LogP contribution in [0, 0.1) is 0 Å². The monoisotopic (exact) mass is 331 g/mol. The third-order valence-corrected chi connectivity index (χ3v) is 5.22. The van der Waals surface area contributed by atoms with Crippen molar-refractivity contribution in [1.82, 2.24) is 15.1 Å². The van der Waals surface area contributed by atoms with Gasteiger partial charge in [0.05, 0.1) is 0 Å². The van der Waals surface area contributed by atoms with Crippen molar-refractivity contribution in [2.45, 2.75) is 19.0 Å². The van der Waals surface area contributed by atoms with Gasteiger partial charge in [-0.2, -0.15) is 0 Å². The molecule has 1 aromatic heterocycles. The van der Waals surface area contributed by atoms with Crippen LogP contribution in [0.3, 0.4) is 0 Å². The summed E-state index contributed by atoms with van der Waals surface area (Å²) in [5, 5.41) is 5.63. The molecule has 102 valence electrons. The van der Waals surface area contributed by atoms with Crippen molar-refractivity contribution >= 4 is 27.3 Å². The van der Waals surface area contributed by atoms with Gasteiger partial charge in [0.2, 0.25) is 0 Å². The SMILES string of the molecule is CN(CCC1CNCCN1C)Cc1cc(Br)cs1. The number of thiophene rings is 1. The van der Waals surface area contributed by atoms with Crippen molar-refractivity contribution in [2.24, 2.45) is 0 Å². The quantitative estimate of drug-likeness (QED) is 0.892. The summed E-state index contributed by atoms with van der Waals surface area (Å²) in [6.45, 7) is 5.65. The molecule has 1 N–H and O–H groups in total. The van der Waals surface area contributed by atoms with Gasteiger partial charge < -0.3 is 15.1 Å². The fourth-order valence-corrected chi connectivity index (χ4v) is 3.87. The zero-order chi connectivity index (χ0) is 13.0. The second kappa shape index (κ2) is 7.01. The second-order valence-electron chi connectivity index (χ2n) is 5.10. The van der Waals surface area contributed by atoms with Gasteiger partial charge in [0.25, 0.3) is 0 Å². The molecule has 0 aromatic carbocycles. The maximum absolute atomic E-state index is 3.51. The topological polar surface area (TPSA) is 18.5 Å². The molecule has 1 unspecified atom stereocenters. The van der Waals surface area contributed by atoms with Crippen molar-refractivity contribution in [3.05, 3.63) is 20.8 Å². The summed E-state index contributed by atoms with van der Waals surface area (Å²) in [7, 11) is 4.45. The lowest BCUT2D eigenvalue weighted by Crippen LogP contribution is -2.50. The third kappa shape index (κ3) is 4.31. The number of halogens is 1. The summed E-state index contributed by atoms with van der Waals surface area (Å²) >= 11 is 5.34. The van der Waals surface area contributed by atoms with Crippen LogP contribution in [-0.4, -0.2) is 56.1 Å². The predicted octanol–water partition coefficient (Wildman–Crippen LogP) is 2.24. The van der Waals surface area contributed by atoms with Gasteiger partial charge in [0.15, 0.2) is 0 Å². The molecule has 1 fully saturated rings. The Morgan fingerprint density at radius 1 is 1.61 bits per heavy atom. The fraction of sp³-hybridized carbons (Fsp3) is 0.692. The molecule has 2 heterocycles. The summed E-state index contributed by atoms with van der Waals surface area (Å²) < 4.78 is 1.20. The number of hydrogen-bond acceptors (Lipinski definition) is 4. The van der Waals surface area contributed by atoms with Gasteiger partial charge >= 0.3 is 0 Å². The normalized spacial score (nSPS) is 21.7. The average molecular weight is 332 g/mol. The smallest absolute Gasteiger partial charge is 0.0325 e. The molecule has 1 aromatic rings. The first-order valence-electron chi connectivity index (χ1n) is 6.47. The Morgan fingerprint density at radius 3 is 3.11 bits per heavy atom. The molecule has 0 bridgehead atoms. The highest BCUT2D eigenvalue weighted by molar-refractivity contribution is 9.10. The third-order valence-electron chi connectivity index (χ3n) is 3.54. The van der Waals surface area contributed by atoms with E-state index in [-0.39, 0.29) is 0 Å². The standard InChI is InChI=1S/C13H22BrN3S/c1-16(9-13-7-11(14)10-18-13)5-3-12-8-15-4-6-17(12)2/h7,10,12,15H,3-6,8-9H2,1-2H3. The Labute approximate surface area is 122 Å². The largest absolute Gasteiger partial charge is 0.314 e. The lowest BCUT2D eigenvalue weighted by atomic mass is 10.1. The lowest BCUT2D eigenvalue weighted by Gasteiger charge is -2.34. The number of hydrogen-bond donors (Lipinski definition) is 1. The van der Waals surface area contributed by atoms with E-state index in [0.29, 0.717) is 6.04 Å². The molecule has 0 spiro atoms. The first-order chi connectivity index (χ1) is 8.65. The van der Waals surface area contributed by atoms with E-state index in [0.717, 1.165) is 26.2 Å². The molecule has 1 atom stereocenters. The molecule has 0 radical (unpaired) electrons. The summed E-state index contributed by atoms with van der Waals surface area (Å²) in [6.07, 6.45) is 1.24. The van der Waals surface area contributed by atoms with E-state index >= 15 is 0 Å². The molecule has 1 saturated heterocycles. The van der Waals surface area contributed by atoms with Crippen LogP contribution in [-0.2, 0) is 6.54 Å². The van der Waals surface area contributed by atoms with E-state index in [1.165, 1.54) is 22.3 Å². The van der Waals surface area contributed by atoms with E-state index < -0.39 is 0 Å². The Balaban J connectivity index is 1.72.